The van der Waals surface area contributed by atoms with Crippen LogP contribution in [0.2, 0.25) is 0 Å². The maximum absolute atomic E-state index is 4.22. The molecule has 0 heteroatoms. The summed E-state index contributed by atoms with van der Waals surface area (Å²) in [7, 11) is 0. The number of fused-ring (bicyclic) bond motifs is 4. The lowest BCUT2D eigenvalue weighted by Gasteiger charge is -2.33. The molecule has 0 aliphatic heterocycles. The Balaban J connectivity index is 0.000000303. The molecule has 0 nitrogen and oxygen atoms in total. The van der Waals surface area contributed by atoms with Crippen LogP contribution in [0.15, 0.2) is 165 Å². The second-order valence-corrected chi connectivity index (χ2v) is 19.9. The number of benzene rings is 6. The van der Waals surface area contributed by atoms with Crippen molar-refractivity contribution in [1.29, 1.82) is 0 Å². The van der Waals surface area contributed by atoms with Gasteiger partial charge in [-0.1, -0.05) is 257 Å². The minimum Gasteiger partial charge on any atom is -0.0988 e. The maximum atomic E-state index is 4.22. The molecule has 0 N–H and O–H groups in total. The molecule has 0 amide bonds. The molecule has 0 radical (unpaired) electrons. The van der Waals surface area contributed by atoms with E-state index < -0.39 is 0 Å². The van der Waals surface area contributed by atoms with Crippen LogP contribution < -0.4 is 0 Å². The van der Waals surface area contributed by atoms with E-state index >= 15 is 0 Å². The van der Waals surface area contributed by atoms with Gasteiger partial charge in [0.25, 0.3) is 0 Å². The fourth-order valence-corrected chi connectivity index (χ4v) is 11.1. The lowest BCUT2D eigenvalue weighted by molar-refractivity contribution is 0.372. The average Bonchev–Trinajstić information content (AvgIpc) is 3.62. The Morgan fingerprint density at radius 2 is 1.26 bits per heavy atom. The van der Waals surface area contributed by atoms with Gasteiger partial charge in [-0.05, 0) is 173 Å². The van der Waals surface area contributed by atoms with E-state index in [0.29, 0.717) is 23.7 Å². The van der Waals surface area contributed by atoms with Crippen molar-refractivity contribution < 1.29 is 0 Å². The van der Waals surface area contributed by atoms with Gasteiger partial charge in [0.05, 0.1) is 0 Å². The molecule has 0 heterocycles. The molecular weight excluding hydrogens is 865 g/mol. The quantitative estimate of drug-likeness (QED) is 0.0900. The first-order valence-corrected chi connectivity index (χ1v) is 26.6. The Morgan fingerprint density at radius 3 is 1.85 bits per heavy atom. The summed E-state index contributed by atoms with van der Waals surface area (Å²) in [5.41, 5.74) is 23.6. The first-order valence-electron chi connectivity index (χ1n) is 26.6. The molecule has 6 aromatic rings. The first kappa shape index (κ1) is 58.1. The van der Waals surface area contributed by atoms with Crippen LogP contribution in [0.4, 0.5) is 0 Å². The third kappa shape index (κ3) is 12.4. The van der Waals surface area contributed by atoms with Crippen molar-refractivity contribution in [1.82, 2.24) is 0 Å². The van der Waals surface area contributed by atoms with Crippen LogP contribution in [0, 0.1) is 32.6 Å². The van der Waals surface area contributed by atoms with Crippen molar-refractivity contribution in [3.05, 3.63) is 238 Å². The van der Waals surface area contributed by atoms with E-state index in [-0.39, 0.29) is 5.41 Å². The highest BCUT2D eigenvalue weighted by Gasteiger charge is 2.38. The molecule has 6 aromatic carbocycles. The first-order chi connectivity index (χ1) is 34.5. The monoisotopic (exact) mass is 953 g/mol. The van der Waals surface area contributed by atoms with Gasteiger partial charge in [0.15, 0.2) is 0 Å². The predicted octanol–water partition coefficient (Wildman–Crippen LogP) is 22.0. The van der Waals surface area contributed by atoms with Crippen LogP contribution in [0.5, 0.6) is 0 Å². The molecule has 0 aromatic heterocycles. The number of hydrogen-bond acceptors (Lipinski definition) is 0. The van der Waals surface area contributed by atoms with Gasteiger partial charge in [-0.25, -0.2) is 0 Å². The minimum atomic E-state index is -0.0757. The lowest BCUT2D eigenvalue weighted by atomic mass is 9.71. The van der Waals surface area contributed by atoms with Crippen LogP contribution in [-0.4, -0.2) is 0 Å². The molecule has 72 heavy (non-hydrogen) atoms. The Hall–Kier alpha value is -6.50. The van der Waals surface area contributed by atoms with E-state index in [9.17, 15) is 0 Å². The Morgan fingerprint density at radius 1 is 0.625 bits per heavy atom. The summed E-state index contributed by atoms with van der Waals surface area (Å²) in [6.45, 7) is 53.6. The van der Waals surface area contributed by atoms with Crippen LogP contribution in [0.3, 0.4) is 0 Å². The molecule has 376 valence electrons. The van der Waals surface area contributed by atoms with Gasteiger partial charge >= 0.3 is 0 Å². The highest BCUT2D eigenvalue weighted by Crippen LogP contribution is 2.53. The zero-order valence-corrected chi connectivity index (χ0v) is 47.2. The van der Waals surface area contributed by atoms with Crippen molar-refractivity contribution in [2.24, 2.45) is 11.8 Å². The molecule has 4 atom stereocenters. The largest absolute Gasteiger partial charge is 0.0988 e. The molecule has 0 spiro atoms. The molecule has 0 bridgehead atoms. The average molecular weight is 953 g/mol. The van der Waals surface area contributed by atoms with Gasteiger partial charge in [-0.15, -0.1) is 0 Å². The standard InChI is InChI=1S/C42H50.C17H22.C11H10.C2H6/c1-13-19-30-21-20-26(7)40(34(30)16-4)36(18-6)33(15-3)29(10)28(9)31-22-23-37-38(25-31)42(11,12)39-24-27(8)32(14-2)35(17-5)41(37)39;1-6-13(4)14(5)16(8-3)17-12-10-9-11-15(17)7-2;1-9-6-7-10-4-2-3-5-11(10)8-9;1-2/h13-14,16-25,28-29,33H,2,4-5,15H2,1,3,6-12H3;6-7,9-12,16H,1-2,8H2,3-5H3;2-8H,1H3;1-2H3/b19-13-,36-18+;14-13+;;. The summed E-state index contributed by atoms with van der Waals surface area (Å²) in [6, 6.07) is 37.5. The second kappa shape index (κ2) is 26.8. The van der Waals surface area contributed by atoms with Gasteiger partial charge in [0.1, 0.15) is 0 Å². The minimum absolute atomic E-state index is 0.0757. The van der Waals surface area contributed by atoms with Crippen molar-refractivity contribution >= 4 is 46.7 Å². The van der Waals surface area contributed by atoms with Gasteiger partial charge in [-0.3, -0.25) is 0 Å². The normalized spacial score (nSPS) is 14.3. The van der Waals surface area contributed by atoms with Crippen molar-refractivity contribution in [2.75, 3.05) is 0 Å². The van der Waals surface area contributed by atoms with Crippen LogP contribution >= 0.6 is 0 Å². The highest BCUT2D eigenvalue weighted by atomic mass is 14.4. The van der Waals surface area contributed by atoms with Gasteiger partial charge in [0, 0.05) is 11.3 Å². The topological polar surface area (TPSA) is 0 Å². The number of allylic oxidation sites excluding steroid dienone is 6. The summed E-state index contributed by atoms with van der Waals surface area (Å²) < 4.78 is 0. The van der Waals surface area contributed by atoms with E-state index in [0.717, 1.165) is 12.8 Å². The van der Waals surface area contributed by atoms with E-state index in [1.807, 2.05) is 44.2 Å². The van der Waals surface area contributed by atoms with Gasteiger partial charge in [0.2, 0.25) is 0 Å². The van der Waals surface area contributed by atoms with Crippen LogP contribution in [0.25, 0.3) is 57.9 Å². The fraction of sp³-hybridized carbons (Fsp3) is 0.306. The smallest absolute Gasteiger partial charge is 0.0159 e. The molecular formula is C72H88. The Labute approximate surface area is 439 Å². The summed E-state index contributed by atoms with van der Waals surface area (Å²) in [5, 5.41) is 2.64. The summed E-state index contributed by atoms with van der Waals surface area (Å²) in [4.78, 5) is 0. The van der Waals surface area contributed by atoms with Gasteiger partial charge < -0.3 is 0 Å². The van der Waals surface area contributed by atoms with Gasteiger partial charge in [-0.2, -0.15) is 0 Å². The SMILES string of the molecule is C=C/C(C)=C(\C)C(CC)c1ccccc1C=C.C=Cc1c(C)cc2c(c1C=C)-c1ccc(C(C)C(C)C(CC)/C(=C\C)c3c(C)ccc(/C=C\C)c3C=C)cc1C2(C)C.CC.Cc1ccc2ccccc2c1. The maximum Gasteiger partial charge on any atom is 0.0159 e. The molecule has 0 fully saturated rings. The fourth-order valence-electron chi connectivity index (χ4n) is 11.1. The molecule has 4 unspecified atom stereocenters. The molecule has 7 rings (SSSR count). The Kier molecular flexibility index (Phi) is 21.6. The van der Waals surface area contributed by atoms with E-state index in [2.05, 4.69) is 244 Å². The zero-order chi connectivity index (χ0) is 53.4. The predicted molar refractivity (Wildman–Crippen MR) is 328 cm³/mol. The Bertz CT molecular complexity index is 2970. The summed E-state index contributed by atoms with van der Waals surface area (Å²) >= 11 is 0. The number of hydrogen-bond donors (Lipinski definition) is 0. The number of rotatable bonds is 15. The highest BCUT2D eigenvalue weighted by molar-refractivity contribution is 5.91. The van der Waals surface area contributed by atoms with Crippen LogP contribution in [-0.2, 0) is 5.41 Å². The van der Waals surface area contributed by atoms with E-state index in [1.54, 1.807) is 0 Å². The van der Waals surface area contributed by atoms with Crippen LogP contribution in [0.1, 0.15) is 180 Å². The molecule has 0 saturated carbocycles. The second-order valence-electron chi connectivity index (χ2n) is 19.9. The molecule has 0 saturated heterocycles. The third-order valence-corrected chi connectivity index (χ3v) is 15.5. The van der Waals surface area contributed by atoms with E-state index in [1.165, 1.54) is 111 Å². The summed E-state index contributed by atoms with van der Waals surface area (Å²) in [6.07, 6.45) is 18.8. The van der Waals surface area contributed by atoms with Crippen molar-refractivity contribution in [3.63, 3.8) is 0 Å². The van der Waals surface area contributed by atoms with Crippen molar-refractivity contribution in [2.45, 2.75) is 134 Å². The molecule has 1 aliphatic rings. The number of aryl methyl sites for hydroxylation is 3. The summed E-state index contributed by atoms with van der Waals surface area (Å²) in [5.74, 6) is 1.73. The molecule has 1 aliphatic carbocycles. The third-order valence-electron chi connectivity index (χ3n) is 15.5. The lowest BCUT2D eigenvalue weighted by Crippen LogP contribution is -2.21. The zero-order valence-electron chi connectivity index (χ0n) is 47.2. The van der Waals surface area contributed by atoms with Crippen molar-refractivity contribution in [3.8, 4) is 11.1 Å². The van der Waals surface area contributed by atoms with E-state index in [4.69, 9.17) is 0 Å².